The van der Waals surface area contributed by atoms with Gasteiger partial charge in [0.2, 0.25) is 0 Å². The smallest absolute Gasteiger partial charge is 0.255 e. The van der Waals surface area contributed by atoms with Crippen LogP contribution in [0, 0.1) is 18.8 Å². The molecule has 0 aromatic heterocycles. The molecule has 0 radical (unpaired) electrons. The van der Waals surface area contributed by atoms with E-state index in [1.807, 2.05) is 24.0 Å². The summed E-state index contributed by atoms with van der Waals surface area (Å²) in [6.07, 6.45) is 1.04. The van der Waals surface area contributed by atoms with Crippen LogP contribution in [-0.2, 0) is 6.67 Å². The van der Waals surface area contributed by atoms with Crippen LogP contribution in [0.2, 0.25) is 15.1 Å². The van der Waals surface area contributed by atoms with Crippen LogP contribution in [-0.4, -0.2) is 55.0 Å². The zero-order chi connectivity index (χ0) is 22.8. The molecule has 1 amide bonds. The fourth-order valence-electron chi connectivity index (χ4n) is 4.71. The second kappa shape index (κ2) is 10.2. The molecule has 2 atom stereocenters. The minimum Gasteiger partial charge on any atom is -0.385 e. The van der Waals surface area contributed by atoms with Crippen molar-refractivity contribution in [2.45, 2.75) is 20.0 Å². The number of carbonyl (C=O) groups excluding carboxylic acids is 1. The lowest BCUT2D eigenvalue weighted by Crippen LogP contribution is -2.34. The summed E-state index contributed by atoms with van der Waals surface area (Å²) in [5.74, 6) is 0.798. The first-order valence-electron chi connectivity index (χ1n) is 10.9. The molecule has 0 spiro atoms. The maximum atomic E-state index is 13.2. The number of hydrogen-bond donors (Lipinski definition) is 1. The van der Waals surface area contributed by atoms with Crippen molar-refractivity contribution in [2.75, 3.05) is 44.6 Å². The summed E-state index contributed by atoms with van der Waals surface area (Å²) in [7, 11) is 0. The molecule has 1 N–H and O–H groups in total. The normalized spacial score (nSPS) is 20.6. The zero-order valence-corrected chi connectivity index (χ0v) is 20.3. The number of likely N-dealkylation sites (tertiary alicyclic amines) is 2. The Hall–Kier alpha value is -1.53. The number of nitrogens with zero attached hydrogens (tertiary/aromatic N) is 2. The van der Waals surface area contributed by atoms with Crippen molar-refractivity contribution in [1.82, 2.24) is 9.80 Å². The van der Waals surface area contributed by atoms with Gasteiger partial charge in [-0.1, -0.05) is 40.9 Å². The Balaban J connectivity index is 1.24. The molecule has 0 bridgehead atoms. The maximum absolute atomic E-state index is 13.2. The Morgan fingerprint density at radius 3 is 2.41 bits per heavy atom. The molecule has 32 heavy (non-hydrogen) atoms. The van der Waals surface area contributed by atoms with Gasteiger partial charge in [-0.05, 0) is 61.6 Å². The summed E-state index contributed by atoms with van der Waals surface area (Å²) in [5, 5.41) is 4.74. The highest BCUT2D eigenvalue weighted by Crippen LogP contribution is 2.34. The van der Waals surface area contributed by atoms with E-state index in [4.69, 9.17) is 34.8 Å². The molecule has 2 fully saturated rings. The first kappa shape index (κ1) is 23.6. The lowest BCUT2D eigenvalue weighted by molar-refractivity contribution is 0.0774. The zero-order valence-electron chi connectivity index (χ0n) is 18.0. The van der Waals surface area contributed by atoms with Gasteiger partial charge >= 0.3 is 0 Å². The number of benzene rings is 2. The summed E-state index contributed by atoms with van der Waals surface area (Å²) in [5.41, 5.74) is 2.76. The van der Waals surface area contributed by atoms with E-state index < -0.39 is 6.67 Å². The number of amides is 1. The van der Waals surface area contributed by atoms with Crippen molar-refractivity contribution >= 4 is 46.4 Å². The van der Waals surface area contributed by atoms with Gasteiger partial charge in [0.05, 0.1) is 10.6 Å². The van der Waals surface area contributed by atoms with Crippen LogP contribution in [0.4, 0.5) is 10.1 Å². The maximum Gasteiger partial charge on any atom is 0.255 e. The number of aryl methyl sites for hydroxylation is 1. The van der Waals surface area contributed by atoms with Gasteiger partial charge in [0.1, 0.15) is 6.67 Å². The predicted octanol–water partition coefficient (Wildman–Crippen LogP) is 5.93. The van der Waals surface area contributed by atoms with Crippen LogP contribution in [0.5, 0.6) is 0 Å². The number of rotatable bonds is 7. The van der Waals surface area contributed by atoms with Gasteiger partial charge in [-0.3, -0.25) is 4.79 Å². The highest BCUT2D eigenvalue weighted by molar-refractivity contribution is 6.37. The molecule has 0 saturated carbocycles. The molecule has 8 heteroatoms. The SMILES string of the molecule is Cc1ccc(NCCCN2CC3CN(C(=O)c4cc(CF)c(Cl)cc4Cl)CC3C2)cc1Cl. The van der Waals surface area contributed by atoms with E-state index in [1.165, 1.54) is 12.1 Å². The van der Waals surface area contributed by atoms with Crippen molar-refractivity contribution in [1.29, 1.82) is 0 Å². The molecule has 2 aliphatic rings. The fraction of sp³-hybridized carbons (Fsp3) is 0.458. The van der Waals surface area contributed by atoms with Crippen molar-refractivity contribution in [3.05, 3.63) is 62.1 Å². The standard InChI is InChI=1S/C24H27Cl3FN3O/c1-15-3-4-19(8-21(15)25)29-5-2-6-30-11-17-13-31(14-18(17)12-30)24(32)20-7-16(10-28)22(26)9-23(20)27/h3-4,7-9,17-18,29H,2,5-6,10-14H2,1H3. The quantitative estimate of drug-likeness (QED) is 0.481. The third-order valence-electron chi connectivity index (χ3n) is 6.51. The second-order valence-electron chi connectivity index (χ2n) is 8.79. The average molecular weight is 499 g/mol. The lowest BCUT2D eigenvalue weighted by atomic mass is 10.0. The van der Waals surface area contributed by atoms with Crippen LogP contribution < -0.4 is 5.32 Å². The van der Waals surface area contributed by atoms with Gasteiger partial charge in [-0.2, -0.15) is 0 Å². The van der Waals surface area contributed by atoms with Crippen LogP contribution in [0.3, 0.4) is 0 Å². The van der Waals surface area contributed by atoms with Crippen LogP contribution in [0.1, 0.15) is 27.9 Å². The minimum absolute atomic E-state index is 0.136. The van der Waals surface area contributed by atoms with Gasteiger partial charge in [0.15, 0.2) is 0 Å². The topological polar surface area (TPSA) is 35.6 Å². The van der Waals surface area contributed by atoms with E-state index in [0.717, 1.165) is 48.9 Å². The second-order valence-corrected chi connectivity index (χ2v) is 10.0. The van der Waals surface area contributed by atoms with Gasteiger partial charge in [-0.25, -0.2) is 4.39 Å². The first-order chi connectivity index (χ1) is 15.4. The summed E-state index contributed by atoms with van der Waals surface area (Å²) >= 11 is 18.4. The van der Waals surface area contributed by atoms with Crippen molar-refractivity contribution in [2.24, 2.45) is 11.8 Å². The first-order valence-corrected chi connectivity index (χ1v) is 12.0. The van der Waals surface area contributed by atoms with Crippen LogP contribution >= 0.6 is 34.8 Å². The third-order valence-corrected chi connectivity index (χ3v) is 7.58. The minimum atomic E-state index is -0.720. The van der Waals surface area contributed by atoms with E-state index in [9.17, 15) is 9.18 Å². The number of hydrogen-bond acceptors (Lipinski definition) is 3. The number of anilines is 1. The highest BCUT2D eigenvalue weighted by atomic mass is 35.5. The van der Waals surface area contributed by atoms with Gasteiger partial charge in [0.25, 0.3) is 5.91 Å². The van der Waals surface area contributed by atoms with E-state index in [1.54, 1.807) is 0 Å². The molecule has 2 heterocycles. The number of nitrogens with one attached hydrogen (secondary N) is 1. The summed E-state index contributed by atoms with van der Waals surface area (Å²) < 4.78 is 13.2. The lowest BCUT2D eigenvalue weighted by Gasteiger charge is -2.22. The summed E-state index contributed by atoms with van der Waals surface area (Å²) in [4.78, 5) is 17.3. The molecule has 2 aliphatic heterocycles. The Bertz CT molecular complexity index is 989. The van der Waals surface area contributed by atoms with E-state index in [2.05, 4.69) is 16.3 Å². The molecular weight excluding hydrogens is 472 g/mol. The molecule has 2 aromatic carbocycles. The number of alkyl halides is 1. The number of carbonyl (C=O) groups is 1. The van der Waals surface area contributed by atoms with Crippen LogP contribution in [0.15, 0.2) is 30.3 Å². The molecule has 4 nitrogen and oxygen atoms in total. The Morgan fingerprint density at radius 1 is 1.03 bits per heavy atom. The van der Waals surface area contributed by atoms with Gasteiger partial charge < -0.3 is 15.1 Å². The molecule has 2 unspecified atom stereocenters. The van der Waals surface area contributed by atoms with Crippen LogP contribution in [0.25, 0.3) is 0 Å². The Kier molecular flexibility index (Phi) is 7.51. The molecule has 2 saturated heterocycles. The molecule has 4 rings (SSSR count). The Morgan fingerprint density at radius 2 is 1.75 bits per heavy atom. The van der Waals surface area contributed by atoms with Crippen molar-refractivity contribution < 1.29 is 9.18 Å². The fourth-order valence-corrected chi connectivity index (χ4v) is 5.40. The molecule has 2 aromatic rings. The third kappa shape index (κ3) is 5.17. The predicted molar refractivity (Wildman–Crippen MR) is 130 cm³/mol. The van der Waals surface area contributed by atoms with E-state index in [-0.39, 0.29) is 16.0 Å². The largest absolute Gasteiger partial charge is 0.385 e. The van der Waals surface area contributed by atoms with Crippen molar-refractivity contribution in [3.8, 4) is 0 Å². The summed E-state index contributed by atoms with van der Waals surface area (Å²) in [6, 6.07) is 8.99. The molecular formula is C24H27Cl3FN3O. The number of halogens is 4. The highest BCUT2D eigenvalue weighted by Gasteiger charge is 2.41. The monoisotopic (exact) mass is 497 g/mol. The molecule has 172 valence electrons. The Labute approximate surface area is 203 Å². The number of fused-ring (bicyclic) bond motifs is 1. The van der Waals surface area contributed by atoms with E-state index >= 15 is 0 Å². The van der Waals surface area contributed by atoms with Gasteiger partial charge in [0, 0.05) is 54.0 Å². The van der Waals surface area contributed by atoms with Gasteiger partial charge in [-0.15, -0.1) is 0 Å². The molecule has 0 aliphatic carbocycles. The van der Waals surface area contributed by atoms with Crippen molar-refractivity contribution in [3.63, 3.8) is 0 Å². The average Bonchev–Trinajstić information content (AvgIpc) is 3.32. The van der Waals surface area contributed by atoms with E-state index in [0.29, 0.717) is 36.1 Å². The summed E-state index contributed by atoms with van der Waals surface area (Å²) in [6.45, 7) is 6.61.